The molecule has 1 unspecified atom stereocenters. The zero-order valence-electron chi connectivity index (χ0n) is 12.0. The lowest BCUT2D eigenvalue weighted by Gasteiger charge is -2.15. The number of aryl methyl sites for hydroxylation is 1. The highest BCUT2D eigenvalue weighted by molar-refractivity contribution is 7.17. The van der Waals surface area contributed by atoms with E-state index >= 15 is 0 Å². The molecular weight excluding hydrogens is 282 g/mol. The quantitative estimate of drug-likeness (QED) is 0.892. The van der Waals surface area contributed by atoms with Gasteiger partial charge in [0, 0.05) is 18.2 Å². The smallest absolute Gasteiger partial charge is 0.263 e. The van der Waals surface area contributed by atoms with Crippen molar-refractivity contribution < 1.29 is 4.79 Å². The molecule has 0 radical (unpaired) electrons. The summed E-state index contributed by atoms with van der Waals surface area (Å²) in [6, 6.07) is 10.0. The van der Waals surface area contributed by atoms with E-state index in [1.165, 1.54) is 24.2 Å². The third kappa shape index (κ3) is 3.14. The number of thiazole rings is 1. The van der Waals surface area contributed by atoms with Crippen molar-refractivity contribution in [2.24, 2.45) is 11.7 Å². The van der Waals surface area contributed by atoms with Gasteiger partial charge in [-0.15, -0.1) is 11.3 Å². The highest BCUT2D eigenvalue weighted by Crippen LogP contribution is 2.33. The average Bonchev–Trinajstić information content (AvgIpc) is 3.27. The zero-order chi connectivity index (χ0) is 14.8. The van der Waals surface area contributed by atoms with Crippen molar-refractivity contribution in [1.29, 1.82) is 0 Å². The summed E-state index contributed by atoms with van der Waals surface area (Å²) in [5.74, 6) is 0.510. The van der Waals surface area contributed by atoms with Crippen LogP contribution in [0.5, 0.6) is 0 Å². The molecule has 3 rings (SSSR count). The Morgan fingerprint density at radius 1 is 1.43 bits per heavy atom. The van der Waals surface area contributed by atoms with E-state index in [2.05, 4.69) is 10.3 Å². The lowest BCUT2D eigenvalue weighted by Crippen LogP contribution is -2.41. The fourth-order valence-electron chi connectivity index (χ4n) is 2.41. The van der Waals surface area contributed by atoms with Gasteiger partial charge in [-0.25, -0.2) is 4.98 Å². The number of nitrogens with two attached hydrogens (primary N) is 1. The van der Waals surface area contributed by atoms with Crippen LogP contribution in [0.4, 0.5) is 0 Å². The summed E-state index contributed by atoms with van der Waals surface area (Å²) >= 11 is 1.44. The van der Waals surface area contributed by atoms with Crippen molar-refractivity contribution >= 4 is 17.2 Å². The van der Waals surface area contributed by atoms with Crippen LogP contribution in [0.3, 0.4) is 0 Å². The van der Waals surface area contributed by atoms with Gasteiger partial charge in [-0.1, -0.05) is 30.3 Å². The molecule has 21 heavy (non-hydrogen) atoms. The van der Waals surface area contributed by atoms with E-state index in [-0.39, 0.29) is 11.9 Å². The Bertz CT molecular complexity index is 634. The first-order valence-corrected chi connectivity index (χ1v) is 8.04. The molecule has 5 heteroatoms. The van der Waals surface area contributed by atoms with Gasteiger partial charge in [-0.05, 0) is 25.7 Å². The van der Waals surface area contributed by atoms with E-state index in [1.54, 1.807) is 0 Å². The molecule has 1 aliphatic rings. The molecule has 0 saturated heterocycles. The van der Waals surface area contributed by atoms with Crippen LogP contribution in [0.25, 0.3) is 10.6 Å². The van der Waals surface area contributed by atoms with E-state index in [4.69, 9.17) is 5.73 Å². The highest BCUT2D eigenvalue weighted by atomic mass is 32.1. The Kier molecular flexibility index (Phi) is 4.03. The molecule has 0 aliphatic heterocycles. The lowest BCUT2D eigenvalue weighted by molar-refractivity contribution is 0.0937. The number of carbonyl (C=O) groups excluding carboxylic acids is 1. The molecule has 1 saturated carbocycles. The lowest BCUT2D eigenvalue weighted by atomic mass is 10.2. The third-order valence-corrected chi connectivity index (χ3v) is 4.99. The number of aromatic nitrogens is 1. The molecule has 0 bridgehead atoms. The van der Waals surface area contributed by atoms with Gasteiger partial charge in [0.1, 0.15) is 9.88 Å². The molecular formula is C16H19N3OS. The van der Waals surface area contributed by atoms with Crippen molar-refractivity contribution in [1.82, 2.24) is 10.3 Å². The first kappa shape index (κ1) is 14.2. The first-order chi connectivity index (χ1) is 10.2. The summed E-state index contributed by atoms with van der Waals surface area (Å²) in [6.45, 7) is 2.38. The molecule has 1 amide bonds. The van der Waals surface area contributed by atoms with Gasteiger partial charge in [0.25, 0.3) is 5.91 Å². The summed E-state index contributed by atoms with van der Waals surface area (Å²) in [5, 5.41) is 3.94. The second kappa shape index (κ2) is 5.95. The van der Waals surface area contributed by atoms with Crippen LogP contribution in [0, 0.1) is 12.8 Å². The topological polar surface area (TPSA) is 68.0 Å². The molecule has 2 aromatic rings. The van der Waals surface area contributed by atoms with E-state index in [0.717, 1.165) is 16.3 Å². The fraction of sp³-hybridized carbons (Fsp3) is 0.375. The van der Waals surface area contributed by atoms with Crippen LogP contribution in [0.2, 0.25) is 0 Å². The van der Waals surface area contributed by atoms with Crippen LogP contribution in [0.1, 0.15) is 28.2 Å². The number of hydrogen-bond acceptors (Lipinski definition) is 4. The van der Waals surface area contributed by atoms with Crippen molar-refractivity contribution in [3.05, 3.63) is 40.9 Å². The maximum Gasteiger partial charge on any atom is 0.263 e. The number of nitrogens with one attached hydrogen (secondary N) is 1. The third-order valence-electron chi connectivity index (χ3n) is 3.79. The Balaban J connectivity index is 1.79. The molecule has 1 aromatic carbocycles. The van der Waals surface area contributed by atoms with Gasteiger partial charge in [-0.3, -0.25) is 4.79 Å². The van der Waals surface area contributed by atoms with Gasteiger partial charge < -0.3 is 11.1 Å². The van der Waals surface area contributed by atoms with Crippen molar-refractivity contribution in [2.45, 2.75) is 25.8 Å². The van der Waals surface area contributed by atoms with Gasteiger partial charge in [-0.2, -0.15) is 0 Å². The number of carbonyl (C=O) groups is 1. The second-order valence-corrected chi connectivity index (χ2v) is 6.45. The number of hydrogen-bond donors (Lipinski definition) is 2. The summed E-state index contributed by atoms with van der Waals surface area (Å²) < 4.78 is 0. The van der Waals surface area contributed by atoms with Gasteiger partial charge in [0.2, 0.25) is 0 Å². The van der Waals surface area contributed by atoms with Crippen LogP contribution >= 0.6 is 11.3 Å². The van der Waals surface area contributed by atoms with Crippen molar-refractivity contribution in [3.8, 4) is 10.6 Å². The normalized spacial score (nSPS) is 15.7. The van der Waals surface area contributed by atoms with Gasteiger partial charge in [0.15, 0.2) is 0 Å². The van der Waals surface area contributed by atoms with Crippen molar-refractivity contribution in [2.75, 3.05) is 6.54 Å². The number of amides is 1. The second-order valence-electron chi connectivity index (χ2n) is 5.45. The van der Waals surface area contributed by atoms with Crippen molar-refractivity contribution in [3.63, 3.8) is 0 Å². The Morgan fingerprint density at radius 3 is 2.76 bits per heavy atom. The fourth-order valence-corrected chi connectivity index (χ4v) is 3.39. The molecule has 3 N–H and O–H groups in total. The van der Waals surface area contributed by atoms with E-state index in [0.29, 0.717) is 17.3 Å². The molecule has 1 aromatic heterocycles. The standard InChI is InChI=1S/C16H19N3OS/c1-10-14(15(20)19-13(9-17)11-7-8-11)21-16(18-10)12-5-3-2-4-6-12/h2-6,11,13H,7-9,17H2,1H3,(H,19,20). The molecule has 110 valence electrons. The Labute approximate surface area is 128 Å². The zero-order valence-corrected chi connectivity index (χ0v) is 12.8. The van der Waals surface area contributed by atoms with Crippen LogP contribution in [0.15, 0.2) is 30.3 Å². The molecule has 1 atom stereocenters. The predicted molar refractivity (Wildman–Crippen MR) is 85.3 cm³/mol. The summed E-state index contributed by atoms with van der Waals surface area (Å²) in [6.07, 6.45) is 2.33. The van der Waals surface area contributed by atoms with E-state index < -0.39 is 0 Å². The minimum absolute atomic E-state index is 0.0467. The van der Waals surface area contributed by atoms with Gasteiger partial charge in [0.05, 0.1) is 5.69 Å². The maximum atomic E-state index is 12.4. The largest absolute Gasteiger partial charge is 0.347 e. The molecule has 1 fully saturated rings. The minimum Gasteiger partial charge on any atom is -0.347 e. The molecule has 1 aliphatic carbocycles. The predicted octanol–water partition coefficient (Wildman–Crippen LogP) is 2.59. The molecule has 1 heterocycles. The Hall–Kier alpha value is -1.72. The molecule has 0 spiro atoms. The van der Waals surface area contributed by atoms with E-state index in [9.17, 15) is 4.79 Å². The minimum atomic E-state index is -0.0467. The Morgan fingerprint density at radius 2 is 2.14 bits per heavy atom. The summed E-state index contributed by atoms with van der Waals surface area (Å²) in [4.78, 5) is 17.6. The summed E-state index contributed by atoms with van der Waals surface area (Å²) in [7, 11) is 0. The maximum absolute atomic E-state index is 12.4. The number of benzene rings is 1. The SMILES string of the molecule is Cc1nc(-c2ccccc2)sc1C(=O)NC(CN)C1CC1. The number of nitrogens with zero attached hydrogens (tertiary/aromatic N) is 1. The van der Waals surface area contributed by atoms with E-state index in [1.807, 2.05) is 37.3 Å². The molecule has 4 nitrogen and oxygen atoms in total. The number of rotatable bonds is 5. The van der Waals surface area contributed by atoms with Crippen LogP contribution in [-0.2, 0) is 0 Å². The van der Waals surface area contributed by atoms with Gasteiger partial charge >= 0.3 is 0 Å². The average molecular weight is 301 g/mol. The van der Waals surface area contributed by atoms with Crippen LogP contribution < -0.4 is 11.1 Å². The summed E-state index contributed by atoms with van der Waals surface area (Å²) in [5.41, 5.74) is 7.57. The monoisotopic (exact) mass is 301 g/mol. The first-order valence-electron chi connectivity index (χ1n) is 7.23. The van der Waals surface area contributed by atoms with Crippen LogP contribution in [-0.4, -0.2) is 23.5 Å². The highest BCUT2D eigenvalue weighted by Gasteiger charge is 2.32.